The lowest BCUT2D eigenvalue weighted by molar-refractivity contribution is -0.300. The van der Waals surface area contributed by atoms with E-state index in [1.54, 1.807) is 6.92 Å². The van der Waals surface area contributed by atoms with Crippen molar-refractivity contribution in [2.45, 2.75) is 6.92 Å². The zero-order valence-corrected chi connectivity index (χ0v) is 5.86. The van der Waals surface area contributed by atoms with E-state index in [0.717, 1.165) is 6.26 Å². The molecule has 0 spiro atoms. The minimum absolute atomic E-state index is 0.0862. The standard InChI is InChI=1S/C6H7NO4/c1-2-10-5(8)4-3-11-6(9)7-4/h3H,2H2,1H3,(H,7,9)/p-1. The number of rotatable bonds is 2. The van der Waals surface area contributed by atoms with Crippen LogP contribution in [0.25, 0.3) is 0 Å². The predicted molar refractivity (Wildman–Crippen MR) is 31.9 cm³/mol. The van der Waals surface area contributed by atoms with Crippen LogP contribution in [0.2, 0.25) is 0 Å². The summed E-state index contributed by atoms with van der Waals surface area (Å²) in [5.74, 6) is -0.640. The Morgan fingerprint density at radius 1 is 1.91 bits per heavy atom. The maximum atomic E-state index is 10.8. The molecule has 60 valence electrons. The molecule has 5 heteroatoms. The molecule has 1 aromatic heterocycles. The summed E-state index contributed by atoms with van der Waals surface area (Å²) < 4.78 is 8.81. The molecule has 0 atom stereocenters. The molecule has 0 radical (unpaired) electrons. The highest BCUT2D eigenvalue weighted by atomic mass is 16.5. The van der Waals surface area contributed by atoms with E-state index in [9.17, 15) is 9.90 Å². The Hall–Kier alpha value is -1.52. The molecular weight excluding hydrogens is 150 g/mol. The average Bonchev–Trinajstić information content (AvgIpc) is 2.36. The zero-order valence-electron chi connectivity index (χ0n) is 5.86. The van der Waals surface area contributed by atoms with Gasteiger partial charge in [0, 0.05) is 6.26 Å². The first-order valence-electron chi connectivity index (χ1n) is 3.03. The van der Waals surface area contributed by atoms with E-state index >= 15 is 0 Å². The van der Waals surface area contributed by atoms with Crippen molar-refractivity contribution < 1.29 is 19.1 Å². The first kappa shape index (κ1) is 7.59. The van der Waals surface area contributed by atoms with Crippen molar-refractivity contribution in [3.05, 3.63) is 12.0 Å². The molecule has 0 saturated carbocycles. The van der Waals surface area contributed by atoms with Crippen molar-refractivity contribution in [3.63, 3.8) is 0 Å². The van der Waals surface area contributed by atoms with Gasteiger partial charge in [-0.3, -0.25) is 0 Å². The number of hydrogen-bond donors (Lipinski definition) is 0. The van der Waals surface area contributed by atoms with Gasteiger partial charge >= 0.3 is 5.97 Å². The van der Waals surface area contributed by atoms with Crippen LogP contribution in [0.3, 0.4) is 0 Å². The van der Waals surface area contributed by atoms with E-state index < -0.39 is 12.0 Å². The lowest BCUT2D eigenvalue weighted by Crippen LogP contribution is -2.05. The summed E-state index contributed by atoms with van der Waals surface area (Å²) >= 11 is 0. The number of oxazole rings is 1. The van der Waals surface area contributed by atoms with Gasteiger partial charge in [0.25, 0.3) is 0 Å². The molecule has 0 unspecified atom stereocenters. The SMILES string of the molecule is CCOC(=O)c1coc([O-])n1. The van der Waals surface area contributed by atoms with Crippen molar-refractivity contribution in [1.29, 1.82) is 0 Å². The van der Waals surface area contributed by atoms with Gasteiger partial charge in [0.15, 0.2) is 11.8 Å². The number of carbonyl (C=O) groups excluding carboxylic acids is 1. The molecule has 0 saturated heterocycles. The van der Waals surface area contributed by atoms with E-state index in [1.807, 2.05) is 0 Å². The first-order chi connectivity index (χ1) is 5.24. The van der Waals surface area contributed by atoms with E-state index in [1.165, 1.54) is 0 Å². The molecule has 1 aromatic rings. The Balaban J connectivity index is 2.69. The van der Waals surface area contributed by atoms with Gasteiger partial charge in [-0.25, -0.2) is 9.78 Å². The predicted octanol–water partition coefficient (Wildman–Crippen LogP) is -0.0751. The molecule has 0 N–H and O–H groups in total. The van der Waals surface area contributed by atoms with Gasteiger partial charge in [-0.2, -0.15) is 0 Å². The Morgan fingerprint density at radius 2 is 2.64 bits per heavy atom. The van der Waals surface area contributed by atoms with Crippen LogP contribution in [-0.2, 0) is 4.74 Å². The Bertz CT molecular complexity index is 255. The number of ether oxygens (including phenoxy) is 1. The monoisotopic (exact) mass is 156 g/mol. The molecular formula is C6H6NO4-. The Kier molecular flexibility index (Phi) is 2.10. The van der Waals surface area contributed by atoms with Gasteiger partial charge in [0.2, 0.25) is 0 Å². The van der Waals surface area contributed by atoms with Crippen molar-refractivity contribution in [2.75, 3.05) is 6.61 Å². The highest BCUT2D eigenvalue weighted by Crippen LogP contribution is 2.05. The van der Waals surface area contributed by atoms with Crippen LogP contribution in [0.4, 0.5) is 0 Å². The molecule has 0 aliphatic heterocycles. The van der Waals surface area contributed by atoms with Crippen molar-refractivity contribution in [1.82, 2.24) is 4.98 Å². The average molecular weight is 156 g/mol. The van der Waals surface area contributed by atoms with Crippen molar-refractivity contribution in [3.8, 4) is 6.08 Å². The van der Waals surface area contributed by atoms with Crippen LogP contribution in [0, 0.1) is 0 Å². The fourth-order valence-electron chi connectivity index (χ4n) is 0.556. The number of esters is 1. The quantitative estimate of drug-likeness (QED) is 0.560. The van der Waals surface area contributed by atoms with Gasteiger partial charge in [0.05, 0.1) is 6.61 Å². The van der Waals surface area contributed by atoms with E-state index in [2.05, 4.69) is 14.1 Å². The summed E-state index contributed by atoms with van der Waals surface area (Å²) in [4.78, 5) is 14.0. The van der Waals surface area contributed by atoms with Crippen molar-refractivity contribution >= 4 is 5.97 Å². The largest absolute Gasteiger partial charge is 0.572 e. The van der Waals surface area contributed by atoms with Crippen molar-refractivity contribution in [2.24, 2.45) is 0 Å². The van der Waals surface area contributed by atoms with Crippen LogP contribution in [-0.4, -0.2) is 17.6 Å². The lowest BCUT2D eigenvalue weighted by Gasteiger charge is -1.95. The summed E-state index contributed by atoms with van der Waals surface area (Å²) in [6.45, 7) is 1.91. The fourth-order valence-corrected chi connectivity index (χ4v) is 0.556. The summed E-state index contributed by atoms with van der Waals surface area (Å²) in [6.07, 6.45) is 0.188. The Labute approximate surface area is 62.6 Å². The second-order valence-corrected chi connectivity index (χ2v) is 1.72. The summed E-state index contributed by atoms with van der Waals surface area (Å²) in [5, 5.41) is 10.3. The number of nitrogens with zero attached hydrogens (tertiary/aromatic N) is 1. The van der Waals surface area contributed by atoms with E-state index in [4.69, 9.17) is 0 Å². The van der Waals surface area contributed by atoms with Gasteiger partial charge in [0.1, 0.15) is 0 Å². The number of carbonyl (C=O) groups is 1. The minimum Gasteiger partial charge on any atom is -0.572 e. The second-order valence-electron chi connectivity index (χ2n) is 1.72. The molecule has 1 heterocycles. The van der Waals surface area contributed by atoms with Crippen LogP contribution in [0.5, 0.6) is 6.08 Å². The number of hydrogen-bond acceptors (Lipinski definition) is 5. The topological polar surface area (TPSA) is 75.4 Å². The van der Waals surface area contributed by atoms with Crippen LogP contribution in [0.1, 0.15) is 17.4 Å². The molecule has 0 bridgehead atoms. The number of aromatic nitrogens is 1. The Morgan fingerprint density at radius 3 is 3.09 bits per heavy atom. The van der Waals surface area contributed by atoms with Crippen LogP contribution < -0.4 is 5.11 Å². The summed E-state index contributed by atoms with van der Waals surface area (Å²) in [5.41, 5.74) is -0.0862. The molecule has 0 aliphatic carbocycles. The molecule has 0 amide bonds. The molecule has 0 aliphatic rings. The highest BCUT2D eigenvalue weighted by molar-refractivity contribution is 5.86. The zero-order chi connectivity index (χ0) is 8.27. The maximum Gasteiger partial charge on any atom is 0.357 e. The van der Waals surface area contributed by atoms with E-state index in [0.29, 0.717) is 0 Å². The fraction of sp³-hybridized carbons (Fsp3) is 0.333. The van der Waals surface area contributed by atoms with Gasteiger partial charge in [-0.05, 0) is 6.92 Å². The summed E-state index contributed by atoms with van der Waals surface area (Å²) in [6, 6.07) is 0. The van der Waals surface area contributed by atoms with Gasteiger partial charge < -0.3 is 14.3 Å². The third-order valence-corrected chi connectivity index (χ3v) is 0.968. The third kappa shape index (κ3) is 1.70. The maximum absolute atomic E-state index is 10.8. The molecule has 5 nitrogen and oxygen atoms in total. The molecule has 1 rings (SSSR count). The molecule has 11 heavy (non-hydrogen) atoms. The lowest BCUT2D eigenvalue weighted by atomic mass is 10.5. The molecule has 0 aromatic carbocycles. The second kappa shape index (κ2) is 3.05. The third-order valence-electron chi connectivity index (χ3n) is 0.968. The molecule has 0 fully saturated rings. The minimum atomic E-state index is -0.784. The van der Waals surface area contributed by atoms with E-state index in [-0.39, 0.29) is 12.3 Å². The normalized spacial score (nSPS) is 9.55. The first-order valence-corrected chi connectivity index (χ1v) is 3.03. The van der Waals surface area contributed by atoms with Gasteiger partial charge in [-0.1, -0.05) is 0 Å². The van der Waals surface area contributed by atoms with Crippen LogP contribution >= 0.6 is 0 Å². The van der Waals surface area contributed by atoms with Crippen LogP contribution in [0.15, 0.2) is 10.7 Å². The summed E-state index contributed by atoms with van der Waals surface area (Å²) in [7, 11) is 0. The van der Waals surface area contributed by atoms with Gasteiger partial charge in [-0.15, -0.1) is 0 Å². The smallest absolute Gasteiger partial charge is 0.357 e. The highest BCUT2D eigenvalue weighted by Gasteiger charge is 2.06.